The fraction of sp³-hybridized carbons (Fsp3) is 0.458. The van der Waals surface area contributed by atoms with Gasteiger partial charge in [0.05, 0.1) is 20.8 Å². The quantitative estimate of drug-likeness (QED) is 0.431. The fourth-order valence-electron chi connectivity index (χ4n) is 4.44. The third-order valence-corrected chi connectivity index (χ3v) is 8.05. The molecule has 2 aromatic heterocycles. The summed E-state index contributed by atoms with van der Waals surface area (Å²) >= 11 is 0. The highest BCUT2D eigenvalue weighted by Gasteiger charge is 2.28. The summed E-state index contributed by atoms with van der Waals surface area (Å²) in [5.74, 6) is 1.45. The molecule has 1 aliphatic rings. The molecule has 176 valence electrons. The molecule has 8 nitrogen and oxygen atoms in total. The lowest BCUT2D eigenvalue weighted by molar-refractivity contribution is -0.605. The van der Waals surface area contributed by atoms with Gasteiger partial charge in [0.2, 0.25) is 15.7 Å². The molecule has 1 aromatic carbocycles. The van der Waals surface area contributed by atoms with E-state index in [4.69, 9.17) is 4.98 Å². The highest BCUT2D eigenvalue weighted by Crippen LogP contribution is 2.31. The Kier molecular flexibility index (Phi) is 5.94. The Balaban J connectivity index is 1.70. The average Bonchev–Trinajstić information content (AvgIpc) is 3.12. The third-order valence-electron chi connectivity index (χ3n) is 6.28. The molecule has 1 aliphatic heterocycles. The number of hydrogen-bond acceptors (Lipinski definition) is 5. The van der Waals surface area contributed by atoms with Gasteiger partial charge >= 0.3 is 0 Å². The monoisotopic (exact) mass is 470 g/mol. The van der Waals surface area contributed by atoms with Crippen LogP contribution in [0.1, 0.15) is 46.4 Å². The molecule has 3 aromatic rings. The molecule has 0 N–H and O–H groups in total. The number of likely N-dealkylation sites (tertiary alicyclic amines) is 1. The van der Waals surface area contributed by atoms with Gasteiger partial charge in [-0.1, -0.05) is 20.8 Å². The molecule has 9 heteroatoms. The van der Waals surface area contributed by atoms with Crippen molar-refractivity contribution in [3.8, 4) is 0 Å². The lowest BCUT2D eigenvalue weighted by atomic mass is 9.93. The van der Waals surface area contributed by atoms with Gasteiger partial charge in [-0.15, -0.1) is 0 Å². The van der Waals surface area contributed by atoms with Crippen molar-refractivity contribution in [2.45, 2.75) is 62.3 Å². The van der Waals surface area contributed by atoms with Crippen molar-refractivity contribution in [2.75, 3.05) is 13.1 Å². The molecule has 1 fully saturated rings. The molecule has 3 heterocycles. The number of nitrogens with zero attached hydrogens (tertiary/aromatic N) is 4. The number of sulfone groups is 1. The van der Waals surface area contributed by atoms with E-state index < -0.39 is 9.84 Å². The van der Waals surface area contributed by atoms with Gasteiger partial charge in [-0.05, 0) is 37.0 Å². The zero-order valence-electron chi connectivity index (χ0n) is 19.5. The number of carbonyl (C=O) groups is 1. The molecule has 0 aliphatic carbocycles. The Labute approximate surface area is 194 Å². The highest BCUT2D eigenvalue weighted by atomic mass is 32.2. The number of amides is 1. The molecule has 0 atom stereocenters. The van der Waals surface area contributed by atoms with E-state index in [-0.39, 0.29) is 21.1 Å². The number of imidazole rings is 1. The number of piperidine rings is 1. The first-order valence-electron chi connectivity index (χ1n) is 11.2. The van der Waals surface area contributed by atoms with Crippen LogP contribution in [0.2, 0.25) is 0 Å². The number of pyridine rings is 1. The summed E-state index contributed by atoms with van der Waals surface area (Å²) in [5.41, 5.74) is 1.31. The van der Waals surface area contributed by atoms with Gasteiger partial charge in [-0.3, -0.25) is 4.79 Å². The van der Waals surface area contributed by atoms with Crippen LogP contribution < -0.4 is 4.73 Å². The van der Waals surface area contributed by atoms with Gasteiger partial charge in [0.1, 0.15) is 5.82 Å². The Morgan fingerprint density at radius 2 is 1.76 bits per heavy atom. The van der Waals surface area contributed by atoms with Crippen LogP contribution in [0.25, 0.3) is 11.0 Å². The first-order chi connectivity index (χ1) is 15.5. The minimum atomic E-state index is -3.77. The summed E-state index contributed by atoms with van der Waals surface area (Å²) in [5, 5.41) is 11.3. The predicted octanol–water partition coefficient (Wildman–Crippen LogP) is 3.06. The summed E-state index contributed by atoms with van der Waals surface area (Å²) < 4.78 is 29.0. The van der Waals surface area contributed by atoms with Crippen LogP contribution in [0.15, 0.2) is 52.5 Å². The molecule has 4 rings (SSSR count). The zero-order valence-corrected chi connectivity index (χ0v) is 20.3. The summed E-state index contributed by atoms with van der Waals surface area (Å²) in [7, 11) is -3.77. The molecule has 1 amide bonds. The minimum Gasteiger partial charge on any atom is -0.619 e. The zero-order chi connectivity index (χ0) is 24.0. The van der Waals surface area contributed by atoms with Crippen LogP contribution in [0.3, 0.4) is 0 Å². The predicted molar refractivity (Wildman–Crippen MR) is 124 cm³/mol. The number of carbonyl (C=O) groups excluding carboxylic acids is 1. The van der Waals surface area contributed by atoms with E-state index in [1.54, 1.807) is 19.1 Å². The Hall–Kier alpha value is -2.94. The fourth-order valence-corrected chi connectivity index (χ4v) is 5.70. The molecule has 33 heavy (non-hydrogen) atoms. The summed E-state index contributed by atoms with van der Waals surface area (Å²) in [6.07, 6.45) is 4.22. The van der Waals surface area contributed by atoms with Crippen molar-refractivity contribution in [3.63, 3.8) is 0 Å². The van der Waals surface area contributed by atoms with E-state index in [1.165, 1.54) is 24.5 Å². The van der Waals surface area contributed by atoms with Crippen LogP contribution in [0, 0.1) is 11.1 Å². The van der Waals surface area contributed by atoms with Crippen LogP contribution in [-0.2, 0) is 26.6 Å². The molecule has 0 unspecified atom stereocenters. The van der Waals surface area contributed by atoms with Crippen molar-refractivity contribution >= 4 is 26.8 Å². The lowest BCUT2D eigenvalue weighted by Crippen LogP contribution is -2.38. The average molecular weight is 471 g/mol. The van der Waals surface area contributed by atoms with Crippen molar-refractivity contribution in [2.24, 2.45) is 5.92 Å². The summed E-state index contributed by atoms with van der Waals surface area (Å²) in [4.78, 5) is 18.6. The molecule has 0 bridgehead atoms. The maximum Gasteiger partial charge on any atom is 0.219 e. The molecule has 1 saturated heterocycles. The van der Waals surface area contributed by atoms with Gasteiger partial charge < -0.3 is 14.7 Å². The Morgan fingerprint density at radius 1 is 1.12 bits per heavy atom. The van der Waals surface area contributed by atoms with Crippen molar-refractivity contribution < 1.29 is 17.9 Å². The second kappa shape index (κ2) is 8.44. The van der Waals surface area contributed by atoms with Crippen LogP contribution in [0.4, 0.5) is 0 Å². The third kappa shape index (κ3) is 4.59. The van der Waals surface area contributed by atoms with Crippen LogP contribution in [0.5, 0.6) is 0 Å². The van der Waals surface area contributed by atoms with Gasteiger partial charge in [0.25, 0.3) is 0 Å². The van der Waals surface area contributed by atoms with Crippen LogP contribution >= 0.6 is 0 Å². The van der Waals surface area contributed by atoms with Gasteiger partial charge in [0, 0.05) is 44.1 Å². The first kappa shape index (κ1) is 23.2. The highest BCUT2D eigenvalue weighted by molar-refractivity contribution is 7.91. The molecule has 0 spiro atoms. The molecular weight excluding hydrogens is 440 g/mol. The number of hydrogen-bond donors (Lipinski definition) is 0. The second-order valence-electron chi connectivity index (χ2n) is 9.79. The Morgan fingerprint density at radius 3 is 2.33 bits per heavy atom. The van der Waals surface area contributed by atoms with E-state index >= 15 is 0 Å². The van der Waals surface area contributed by atoms with E-state index in [1.807, 2.05) is 11.0 Å². The van der Waals surface area contributed by atoms with E-state index in [9.17, 15) is 18.4 Å². The number of aromatic nitrogens is 3. The van der Waals surface area contributed by atoms with Crippen molar-refractivity contribution in [3.05, 3.63) is 53.8 Å². The molecule has 0 saturated carbocycles. The molecular formula is C24H30N4O4S. The normalized spacial score (nSPS) is 15.8. The van der Waals surface area contributed by atoms with E-state index in [0.717, 1.165) is 43.8 Å². The maximum atomic E-state index is 13.1. The number of benzene rings is 1. The number of fused-ring (bicyclic) bond motifs is 1. The second-order valence-corrected chi connectivity index (χ2v) is 11.7. The van der Waals surface area contributed by atoms with E-state index in [2.05, 4.69) is 25.3 Å². The van der Waals surface area contributed by atoms with Gasteiger partial charge in [-0.25, -0.2) is 13.4 Å². The number of rotatable bonds is 4. The topological polar surface area (TPSA) is 99.2 Å². The minimum absolute atomic E-state index is 0.0710. The lowest BCUT2D eigenvalue weighted by Gasteiger charge is -2.32. The van der Waals surface area contributed by atoms with Gasteiger partial charge in [-0.2, -0.15) is 4.73 Å². The summed E-state index contributed by atoms with van der Waals surface area (Å²) in [6.45, 7) is 10.2. The van der Waals surface area contributed by atoms with E-state index in [0.29, 0.717) is 16.2 Å². The van der Waals surface area contributed by atoms with Crippen molar-refractivity contribution in [1.29, 1.82) is 0 Å². The van der Waals surface area contributed by atoms with Crippen LogP contribution in [-0.4, -0.2) is 41.9 Å². The Bertz CT molecular complexity index is 1280. The van der Waals surface area contributed by atoms with Crippen molar-refractivity contribution in [1.82, 2.24) is 14.5 Å². The van der Waals surface area contributed by atoms with Gasteiger partial charge in [0.15, 0.2) is 12.4 Å². The first-order valence-corrected chi connectivity index (χ1v) is 12.7. The largest absolute Gasteiger partial charge is 0.619 e. The smallest absolute Gasteiger partial charge is 0.219 e. The molecule has 0 radical (unpaired) electrons. The summed E-state index contributed by atoms with van der Waals surface area (Å²) in [6, 6.07) is 7.66. The maximum absolute atomic E-state index is 13.1. The SMILES string of the molecule is CC(=O)N1CCC(Cn2c(C(C)(C)C)nc3cc(S(=O)(=O)c4cc[n+]([O-])cc4)ccc32)CC1. The standard InChI is InChI=1S/C24H30N4O4S/c1-17(29)26-11-7-18(8-12-26)16-28-22-6-5-20(15-21(22)25-23(28)24(2,3)4)33(31,32)19-9-13-27(30)14-10-19/h5-6,9-10,13-15,18H,7-8,11-12,16H2,1-4H3.